The standard InChI is InChI=1S/C27H41BrO5/c1-13-9-20(28)27(32-12-13)14(2)21-19(33-27)11-18-17-6-5-15-10-16(29)7-8-25(15,3)22(17)23(30)24(31)26(18,21)4/h13-22,24,29,31H,5-12H2,1-4H3/t13?,14?,15-,16?,17?,18?,19?,20?,21?,22?,24?,25?,26?,27?/m0/s1. The molecule has 2 heterocycles. The Morgan fingerprint density at radius 3 is 2.55 bits per heavy atom. The quantitative estimate of drug-likeness (QED) is 0.461. The summed E-state index contributed by atoms with van der Waals surface area (Å²) < 4.78 is 13.3. The molecule has 4 saturated carbocycles. The van der Waals surface area contributed by atoms with Crippen LogP contribution in [0.3, 0.4) is 0 Å². The molecule has 33 heavy (non-hydrogen) atoms. The first-order valence-corrected chi connectivity index (χ1v) is 14.3. The molecule has 186 valence electrons. The third-order valence-electron chi connectivity index (χ3n) is 11.7. The van der Waals surface area contributed by atoms with Gasteiger partial charge in [0.15, 0.2) is 11.6 Å². The van der Waals surface area contributed by atoms with Crippen molar-refractivity contribution in [1.29, 1.82) is 0 Å². The number of fused-ring (bicyclic) bond motifs is 7. The predicted molar refractivity (Wildman–Crippen MR) is 128 cm³/mol. The predicted octanol–water partition coefficient (Wildman–Crippen LogP) is 4.32. The van der Waals surface area contributed by atoms with Gasteiger partial charge < -0.3 is 19.7 Å². The van der Waals surface area contributed by atoms with Crippen molar-refractivity contribution in [2.45, 2.75) is 102 Å². The Kier molecular flexibility index (Phi) is 5.32. The van der Waals surface area contributed by atoms with Crippen LogP contribution in [-0.4, -0.2) is 51.5 Å². The number of ether oxygens (including phenoxy) is 2. The van der Waals surface area contributed by atoms with Crippen LogP contribution in [0.4, 0.5) is 0 Å². The van der Waals surface area contributed by atoms with E-state index in [2.05, 4.69) is 43.6 Å². The minimum atomic E-state index is -0.946. The lowest BCUT2D eigenvalue weighted by Gasteiger charge is -2.61. The van der Waals surface area contributed by atoms with Crippen LogP contribution in [-0.2, 0) is 14.3 Å². The number of aliphatic hydroxyl groups excluding tert-OH is 2. The number of carbonyl (C=O) groups excluding carboxylic acids is 1. The summed E-state index contributed by atoms with van der Waals surface area (Å²) in [5.74, 6) is 1.05. The van der Waals surface area contributed by atoms with Gasteiger partial charge in [0.05, 0.1) is 23.6 Å². The molecule has 4 aliphatic carbocycles. The van der Waals surface area contributed by atoms with Crippen molar-refractivity contribution in [3.05, 3.63) is 0 Å². The van der Waals surface area contributed by atoms with Crippen LogP contribution >= 0.6 is 15.9 Å². The van der Waals surface area contributed by atoms with Gasteiger partial charge in [-0.15, -0.1) is 0 Å². The second-order valence-corrected chi connectivity index (χ2v) is 14.3. The van der Waals surface area contributed by atoms with Gasteiger partial charge in [-0.2, -0.15) is 0 Å². The number of alkyl halides is 1. The Morgan fingerprint density at radius 1 is 1.06 bits per heavy atom. The zero-order valence-corrected chi connectivity index (χ0v) is 22.1. The lowest BCUT2D eigenvalue weighted by Crippen LogP contribution is -2.64. The smallest absolute Gasteiger partial charge is 0.184 e. The molecule has 0 bridgehead atoms. The van der Waals surface area contributed by atoms with Crippen molar-refractivity contribution >= 4 is 21.7 Å². The summed E-state index contributed by atoms with van der Waals surface area (Å²) in [6, 6.07) is 0. The molecule has 1 spiro atoms. The molecule has 13 unspecified atom stereocenters. The molecule has 0 radical (unpaired) electrons. The molecule has 0 amide bonds. The lowest BCUT2D eigenvalue weighted by molar-refractivity contribution is -0.268. The van der Waals surface area contributed by atoms with Crippen LogP contribution in [0.1, 0.15) is 72.6 Å². The number of rotatable bonds is 0. The summed E-state index contributed by atoms with van der Waals surface area (Å²) in [7, 11) is 0. The molecular formula is C27H41BrO5. The van der Waals surface area contributed by atoms with E-state index in [1.165, 1.54) is 0 Å². The minimum absolute atomic E-state index is 0.0309. The van der Waals surface area contributed by atoms with Gasteiger partial charge in [0.1, 0.15) is 6.10 Å². The number of aliphatic hydroxyl groups is 2. The fraction of sp³-hybridized carbons (Fsp3) is 0.963. The van der Waals surface area contributed by atoms with Gasteiger partial charge in [-0.25, -0.2) is 0 Å². The zero-order chi connectivity index (χ0) is 23.5. The number of Topliss-reactive ketones (excluding diaryl/α,β-unsaturated/α-hetero) is 1. The summed E-state index contributed by atoms with van der Waals surface area (Å²) in [4.78, 5) is 14.2. The Morgan fingerprint density at radius 2 is 1.82 bits per heavy atom. The molecule has 6 fully saturated rings. The normalized spacial score (nSPS) is 62.5. The third-order valence-corrected chi connectivity index (χ3v) is 12.7. The molecule has 6 aliphatic rings. The van der Waals surface area contributed by atoms with E-state index in [9.17, 15) is 15.0 Å². The second kappa shape index (κ2) is 7.50. The fourth-order valence-electron chi connectivity index (χ4n) is 10.1. The van der Waals surface area contributed by atoms with E-state index >= 15 is 0 Å². The van der Waals surface area contributed by atoms with Gasteiger partial charge in [-0.1, -0.05) is 43.6 Å². The van der Waals surface area contributed by atoms with Crippen molar-refractivity contribution in [3.8, 4) is 0 Å². The van der Waals surface area contributed by atoms with Crippen LogP contribution in [0.5, 0.6) is 0 Å². The van der Waals surface area contributed by atoms with Crippen molar-refractivity contribution in [2.75, 3.05) is 6.61 Å². The van der Waals surface area contributed by atoms with E-state index in [0.717, 1.165) is 44.9 Å². The Hall–Kier alpha value is -0.0100. The molecule has 0 aromatic heterocycles. The van der Waals surface area contributed by atoms with Crippen LogP contribution in [0, 0.1) is 52.3 Å². The SMILES string of the molecule is CC1COC2(OC3CC4C5CC[C@H]6CC(O)CCC6(C)C5C(=O)C(O)C4(C)C3C2C)C(Br)C1. The highest BCUT2D eigenvalue weighted by Gasteiger charge is 2.74. The van der Waals surface area contributed by atoms with Gasteiger partial charge in [0, 0.05) is 23.2 Å². The average molecular weight is 526 g/mol. The number of hydrogen-bond acceptors (Lipinski definition) is 5. The van der Waals surface area contributed by atoms with E-state index < -0.39 is 17.3 Å². The summed E-state index contributed by atoms with van der Waals surface area (Å²) >= 11 is 3.90. The highest BCUT2D eigenvalue weighted by molar-refractivity contribution is 9.09. The van der Waals surface area contributed by atoms with Crippen molar-refractivity contribution in [3.63, 3.8) is 0 Å². The van der Waals surface area contributed by atoms with Gasteiger partial charge in [-0.3, -0.25) is 4.79 Å². The van der Waals surface area contributed by atoms with Gasteiger partial charge in [-0.05, 0) is 74.0 Å². The van der Waals surface area contributed by atoms with Crippen molar-refractivity contribution in [2.24, 2.45) is 52.3 Å². The molecule has 6 rings (SSSR count). The van der Waals surface area contributed by atoms with Gasteiger partial charge in [0.25, 0.3) is 0 Å². The maximum Gasteiger partial charge on any atom is 0.184 e. The summed E-state index contributed by atoms with van der Waals surface area (Å²) in [5.41, 5.74) is -0.571. The first-order valence-electron chi connectivity index (χ1n) is 13.4. The highest BCUT2D eigenvalue weighted by Crippen LogP contribution is 2.70. The van der Waals surface area contributed by atoms with Crippen LogP contribution < -0.4 is 0 Å². The lowest BCUT2D eigenvalue weighted by atomic mass is 9.43. The molecule has 2 saturated heterocycles. The first-order chi connectivity index (χ1) is 15.5. The summed E-state index contributed by atoms with van der Waals surface area (Å²) in [6.45, 7) is 9.61. The average Bonchev–Trinajstić information content (AvgIpc) is 3.22. The minimum Gasteiger partial charge on any atom is -0.393 e. The number of halogens is 1. The second-order valence-electron chi connectivity index (χ2n) is 13.2. The molecule has 0 aromatic rings. The zero-order valence-electron chi connectivity index (χ0n) is 20.5. The molecular weight excluding hydrogens is 484 g/mol. The van der Waals surface area contributed by atoms with E-state index in [0.29, 0.717) is 30.3 Å². The van der Waals surface area contributed by atoms with Gasteiger partial charge in [0.2, 0.25) is 0 Å². The van der Waals surface area contributed by atoms with Crippen LogP contribution in [0.2, 0.25) is 0 Å². The first kappa shape index (κ1) is 23.4. The molecule has 6 heteroatoms. The van der Waals surface area contributed by atoms with E-state index in [-0.39, 0.29) is 46.0 Å². The summed E-state index contributed by atoms with van der Waals surface area (Å²) in [6.07, 6.45) is 5.38. The Labute approximate surface area is 206 Å². The molecule has 2 N–H and O–H groups in total. The number of carbonyl (C=O) groups is 1. The maximum atomic E-state index is 14.0. The Bertz CT molecular complexity index is 835. The maximum absolute atomic E-state index is 14.0. The van der Waals surface area contributed by atoms with Crippen molar-refractivity contribution < 1.29 is 24.5 Å². The number of hydrogen-bond donors (Lipinski definition) is 2. The molecule has 14 atom stereocenters. The van der Waals surface area contributed by atoms with Crippen molar-refractivity contribution in [1.82, 2.24) is 0 Å². The summed E-state index contributed by atoms with van der Waals surface area (Å²) in [5, 5.41) is 22.1. The molecule has 2 aliphatic heterocycles. The fourth-order valence-corrected chi connectivity index (χ4v) is 11.4. The van der Waals surface area contributed by atoms with E-state index in [1.54, 1.807) is 0 Å². The van der Waals surface area contributed by atoms with Gasteiger partial charge >= 0.3 is 0 Å². The van der Waals surface area contributed by atoms with Crippen LogP contribution in [0.25, 0.3) is 0 Å². The monoisotopic (exact) mass is 524 g/mol. The topological polar surface area (TPSA) is 76.0 Å². The highest BCUT2D eigenvalue weighted by atomic mass is 79.9. The van der Waals surface area contributed by atoms with E-state index in [1.807, 2.05) is 0 Å². The Balaban J connectivity index is 1.34. The third kappa shape index (κ3) is 2.88. The van der Waals surface area contributed by atoms with E-state index in [4.69, 9.17) is 9.47 Å². The van der Waals surface area contributed by atoms with Crippen LogP contribution in [0.15, 0.2) is 0 Å². The number of ketones is 1. The molecule has 5 nitrogen and oxygen atoms in total. The largest absolute Gasteiger partial charge is 0.393 e. The molecule has 0 aromatic carbocycles.